The molecule has 104 valence electrons. The molecule has 1 saturated heterocycles. The minimum absolute atomic E-state index is 0.633. The van der Waals surface area contributed by atoms with E-state index in [1.54, 1.807) is 0 Å². The fourth-order valence-corrected chi connectivity index (χ4v) is 3.74. The van der Waals surface area contributed by atoms with Crippen LogP contribution in [-0.4, -0.2) is 23.1 Å². The Morgan fingerprint density at radius 3 is 2.58 bits per heavy atom. The molecule has 0 bridgehead atoms. The average Bonchev–Trinajstić information content (AvgIpc) is 2.42. The highest BCUT2D eigenvalue weighted by molar-refractivity contribution is 5.56. The zero-order valence-corrected chi connectivity index (χ0v) is 12.0. The summed E-state index contributed by atoms with van der Waals surface area (Å²) in [5, 5.41) is 0. The Balaban J connectivity index is 1.83. The summed E-state index contributed by atoms with van der Waals surface area (Å²) in [7, 11) is 0. The number of piperidine rings is 1. The lowest BCUT2D eigenvalue weighted by molar-refractivity contribution is 0.202. The SMILES string of the molecule is Cc1nc(N)c(C)c(N2CCC3CCCCC3C2)n1. The Morgan fingerprint density at radius 1 is 1.05 bits per heavy atom. The smallest absolute Gasteiger partial charge is 0.137 e. The molecule has 1 aliphatic carbocycles. The summed E-state index contributed by atoms with van der Waals surface area (Å²) < 4.78 is 0. The maximum Gasteiger partial charge on any atom is 0.137 e. The molecule has 1 aromatic heterocycles. The second-order valence-corrected chi connectivity index (χ2v) is 6.14. The summed E-state index contributed by atoms with van der Waals surface area (Å²) in [5.41, 5.74) is 7.02. The van der Waals surface area contributed by atoms with Crippen LogP contribution in [0, 0.1) is 25.7 Å². The lowest BCUT2D eigenvalue weighted by Crippen LogP contribution is -2.42. The minimum Gasteiger partial charge on any atom is -0.383 e. The maximum atomic E-state index is 5.98. The van der Waals surface area contributed by atoms with Crippen molar-refractivity contribution < 1.29 is 0 Å². The van der Waals surface area contributed by atoms with Gasteiger partial charge in [0.15, 0.2) is 0 Å². The van der Waals surface area contributed by atoms with E-state index >= 15 is 0 Å². The fraction of sp³-hybridized carbons (Fsp3) is 0.733. The number of nitrogens with two attached hydrogens (primary N) is 1. The van der Waals surface area contributed by atoms with Crippen molar-refractivity contribution in [1.82, 2.24) is 9.97 Å². The molecule has 2 N–H and O–H groups in total. The van der Waals surface area contributed by atoms with E-state index in [4.69, 9.17) is 5.73 Å². The van der Waals surface area contributed by atoms with Gasteiger partial charge in [0.25, 0.3) is 0 Å². The highest BCUT2D eigenvalue weighted by Crippen LogP contribution is 2.38. The Morgan fingerprint density at radius 2 is 1.79 bits per heavy atom. The molecule has 2 atom stereocenters. The minimum atomic E-state index is 0.633. The first-order valence-corrected chi connectivity index (χ1v) is 7.51. The van der Waals surface area contributed by atoms with Crippen LogP contribution in [0.5, 0.6) is 0 Å². The summed E-state index contributed by atoms with van der Waals surface area (Å²) in [6.45, 7) is 6.24. The van der Waals surface area contributed by atoms with Gasteiger partial charge in [-0.3, -0.25) is 0 Å². The van der Waals surface area contributed by atoms with Crippen LogP contribution >= 0.6 is 0 Å². The van der Waals surface area contributed by atoms with Gasteiger partial charge in [-0.25, -0.2) is 9.97 Å². The van der Waals surface area contributed by atoms with Gasteiger partial charge in [0, 0.05) is 18.7 Å². The monoisotopic (exact) mass is 260 g/mol. The first-order chi connectivity index (χ1) is 9.15. The van der Waals surface area contributed by atoms with E-state index in [9.17, 15) is 0 Å². The van der Waals surface area contributed by atoms with Crippen LogP contribution < -0.4 is 10.6 Å². The molecule has 2 heterocycles. The van der Waals surface area contributed by atoms with Crippen molar-refractivity contribution in [3.63, 3.8) is 0 Å². The Labute approximate surface area is 115 Å². The van der Waals surface area contributed by atoms with Gasteiger partial charge in [0.2, 0.25) is 0 Å². The van der Waals surface area contributed by atoms with Crippen molar-refractivity contribution in [2.75, 3.05) is 23.7 Å². The topological polar surface area (TPSA) is 55.0 Å². The highest BCUT2D eigenvalue weighted by Gasteiger charge is 2.32. The fourth-order valence-electron chi connectivity index (χ4n) is 3.74. The molecule has 1 aromatic rings. The van der Waals surface area contributed by atoms with Crippen molar-refractivity contribution in [2.45, 2.75) is 46.0 Å². The zero-order chi connectivity index (χ0) is 13.4. The molecule has 2 unspecified atom stereocenters. The molecule has 0 aromatic carbocycles. The summed E-state index contributed by atoms with van der Waals surface area (Å²) >= 11 is 0. The van der Waals surface area contributed by atoms with Gasteiger partial charge in [-0.2, -0.15) is 0 Å². The molecule has 1 aliphatic heterocycles. The van der Waals surface area contributed by atoms with Crippen molar-refractivity contribution in [2.24, 2.45) is 11.8 Å². The molecule has 0 amide bonds. The Hall–Kier alpha value is -1.32. The van der Waals surface area contributed by atoms with E-state index in [0.717, 1.165) is 42.1 Å². The third-order valence-electron chi connectivity index (χ3n) is 4.86. The molecule has 19 heavy (non-hydrogen) atoms. The zero-order valence-electron chi connectivity index (χ0n) is 12.0. The van der Waals surface area contributed by atoms with Crippen LogP contribution in [0.25, 0.3) is 0 Å². The maximum absolute atomic E-state index is 5.98. The predicted octanol–water partition coefficient (Wildman–Crippen LogP) is 2.69. The van der Waals surface area contributed by atoms with Crippen molar-refractivity contribution >= 4 is 11.6 Å². The first kappa shape index (κ1) is 12.7. The van der Waals surface area contributed by atoms with Crippen molar-refractivity contribution in [3.05, 3.63) is 11.4 Å². The van der Waals surface area contributed by atoms with E-state index in [-0.39, 0.29) is 0 Å². The van der Waals surface area contributed by atoms with E-state index in [1.807, 2.05) is 13.8 Å². The van der Waals surface area contributed by atoms with Gasteiger partial charge in [-0.1, -0.05) is 19.3 Å². The molecule has 2 aliphatic rings. The molecular weight excluding hydrogens is 236 g/mol. The largest absolute Gasteiger partial charge is 0.383 e. The van der Waals surface area contributed by atoms with Crippen LogP contribution in [0.4, 0.5) is 11.6 Å². The number of nitrogen functional groups attached to an aromatic ring is 1. The van der Waals surface area contributed by atoms with Crippen LogP contribution in [0.15, 0.2) is 0 Å². The van der Waals surface area contributed by atoms with Gasteiger partial charge >= 0.3 is 0 Å². The molecular formula is C15H24N4. The second kappa shape index (κ2) is 4.99. The normalized spacial score (nSPS) is 27.2. The first-order valence-electron chi connectivity index (χ1n) is 7.51. The van der Waals surface area contributed by atoms with Gasteiger partial charge in [0.05, 0.1) is 0 Å². The average molecular weight is 260 g/mol. The van der Waals surface area contributed by atoms with Gasteiger partial charge in [0.1, 0.15) is 17.5 Å². The molecule has 4 nitrogen and oxygen atoms in total. The van der Waals surface area contributed by atoms with Crippen LogP contribution in [0.3, 0.4) is 0 Å². The number of anilines is 2. The molecule has 4 heteroatoms. The summed E-state index contributed by atoms with van der Waals surface area (Å²) in [4.78, 5) is 11.3. The van der Waals surface area contributed by atoms with Crippen LogP contribution in [0.1, 0.15) is 43.5 Å². The number of aromatic nitrogens is 2. The Kier molecular flexibility index (Phi) is 3.33. The van der Waals surface area contributed by atoms with Gasteiger partial charge < -0.3 is 10.6 Å². The Bertz CT molecular complexity index is 471. The van der Waals surface area contributed by atoms with Gasteiger partial charge in [-0.05, 0) is 38.5 Å². The van der Waals surface area contributed by atoms with Crippen molar-refractivity contribution in [1.29, 1.82) is 0 Å². The molecule has 0 spiro atoms. The summed E-state index contributed by atoms with van der Waals surface area (Å²) in [5.74, 6) is 4.29. The number of aryl methyl sites for hydroxylation is 1. The lowest BCUT2D eigenvalue weighted by atomic mass is 9.75. The van der Waals surface area contributed by atoms with E-state index in [0.29, 0.717) is 5.82 Å². The van der Waals surface area contributed by atoms with E-state index < -0.39 is 0 Å². The van der Waals surface area contributed by atoms with Gasteiger partial charge in [-0.15, -0.1) is 0 Å². The van der Waals surface area contributed by atoms with E-state index in [2.05, 4.69) is 14.9 Å². The van der Waals surface area contributed by atoms with E-state index in [1.165, 1.54) is 32.1 Å². The highest BCUT2D eigenvalue weighted by atomic mass is 15.2. The number of hydrogen-bond donors (Lipinski definition) is 1. The standard InChI is InChI=1S/C15H24N4/c1-10-14(16)17-11(2)18-15(10)19-8-7-12-5-3-4-6-13(12)9-19/h12-13H,3-9H2,1-2H3,(H2,16,17,18). The number of nitrogens with zero attached hydrogens (tertiary/aromatic N) is 3. The predicted molar refractivity (Wildman–Crippen MR) is 78.2 cm³/mol. The van der Waals surface area contributed by atoms with Crippen LogP contribution in [-0.2, 0) is 0 Å². The summed E-state index contributed by atoms with van der Waals surface area (Å²) in [6.07, 6.45) is 6.97. The molecule has 1 saturated carbocycles. The number of rotatable bonds is 1. The number of hydrogen-bond acceptors (Lipinski definition) is 4. The summed E-state index contributed by atoms with van der Waals surface area (Å²) in [6, 6.07) is 0. The van der Waals surface area contributed by atoms with Crippen LogP contribution in [0.2, 0.25) is 0 Å². The molecule has 2 fully saturated rings. The number of fused-ring (bicyclic) bond motifs is 1. The van der Waals surface area contributed by atoms with Crippen molar-refractivity contribution in [3.8, 4) is 0 Å². The lowest BCUT2D eigenvalue weighted by Gasteiger charge is -2.42. The third kappa shape index (κ3) is 2.40. The second-order valence-electron chi connectivity index (χ2n) is 6.14. The molecule has 0 radical (unpaired) electrons. The quantitative estimate of drug-likeness (QED) is 0.843. The molecule has 3 rings (SSSR count). The third-order valence-corrected chi connectivity index (χ3v) is 4.86.